The van der Waals surface area contributed by atoms with Gasteiger partial charge < -0.3 is 19.8 Å². The number of anilines is 1. The molecular formula is C24H30BN3O4. The molecule has 2 aromatic carbocycles. The number of aromatic nitrogens is 2. The second kappa shape index (κ2) is 7.35. The van der Waals surface area contributed by atoms with E-state index in [9.17, 15) is 4.79 Å². The Hall–Kier alpha value is -2.84. The van der Waals surface area contributed by atoms with Crippen molar-refractivity contribution in [2.75, 3.05) is 5.73 Å². The lowest BCUT2D eigenvalue weighted by Crippen LogP contribution is -2.41. The maximum absolute atomic E-state index is 12.9. The first-order valence-electron chi connectivity index (χ1n) is 10.7. The van der Waals surface area contributed by atoms with E-state index < -0.39 is 30.0 Å². The minimum Gasteiger partial charge on any atom is -0.442 e. The monoisotopic (exact) mass is 435 g/mol. The van der Waals surface area contributed by atoms with Gasteiger partial charge in [-0.15, -0.1) is 0 Å². The second-order valence-corrected chi connectivity index (χ2v) is 10.2. The van der Waals surface area contributed by atoms with Crippen LogP contribution >= 0.6 is 0 Å². The molecule has 1 aliphatic heterocycles. The van der Waals surface area contributed by atoms with E-state index in [4.69, 9.17) is 19.8 Å². The second-order valence-electron chi connectivity index (χ2n) is 10.2. The van der Waals surface area contributed by atoms with E-state index >= 15 is 0 Å². The molecule has 1 fully saturated rings. The summed E-state index contributed by atoms with van der Waals surface area (Å²) in [6.07, 6.45) is -0.541. The van der Waals surface area contributed by atoms with Gasteiger partial charge in [0.15, 0.2) is 0 Å². The van der Waals surface area contributed by atoms with Crippen molar-refractivity contribution in [1.29, 1.82) is 0 Å². The quantitative estimate of drug-likeness (QED) is 0.475. The topological polar surface area (TPSA) is 88.6 Å². The summed E-state index contributed by atoms with van der Waals surface area (Å²) >= 11 is 0. The van der Waals surface area contributed by atoms with Gasteiger partial charge in [-0.3, -0.25) is 0 Å². The van der Waals surface area contributed by atoms with Crippen molar-refractivity contribution in [3.8, 4) is 11.3 Å². The molecule has 2 heterocycles. The molecule has 0 atom stereocenters. The molecule has 0 bridgehead atoms. The number of ether oxygens (including phenoxy) is 1. The molecule has 32 heavy (non-hydrogen) atoms. The van der Waals surface area contributed by atoms with E-state index in [-0.39, 0.29) is 0 Å². The Morgan fingerprint density at radius 2 is 1.72 bits per heavy atom. The van der Waals surface area contributed by atoms with Crippen LogP contribution < -0.4 is 11.2 Å². The van der Waals surface area contributed by atoms with Gasteiger partial charge in [-0.1, -0.05) is 24.3 Å². The van der Waals surface area contributed by atoms with Crippen molar-refractivity contribution in [3.05, 3.63) is 42.5 Å². The van der Waals surface area contributed by atoms with Crippen LogP contribution in [0.3, 0.4) is 0 Å². The molecule has 7 nitrogen and oxygen atoms in total. The van der Waals surface area contributed by atoms with Gasteiger partial charge in [0.1, 0.15) is 11.3 Å². The van der Waals surface area contributed by atoms with Gasteiger partial charge in [-0.2, -0.15) is 9.78 Å². The van der Waals surface area contributed by atoms with Gasteiger partial charge in [0, 0.05) is 16.6 Å². The molecule has 3 aromatic rings. The highest BCUT2D eigenvalue weighted by atomic mass is 16.7. The van der Waals surface area contributed by atoms with Crippen LogP contribution in [0.4, 0.5) is 10.5 Å². The lowest BCUT2D eigenvalue weighted by Gasteiger charge is -2.32. The van der Waals surface area contributed by atoms with Crippen LogP contribution in [0.15, 0.2) is 42.5 Å². The number of nitrogens with two attached hydrogens (primary N) is 1. The Kier molecular flexibility index (Phi) is 5.14. The van der Waals surface area contributed by atoms with E-state index in [1.807, 2.05) is 90.9 Å². The van der Waals surface area contributed by atoms with Gasteiger partial charge in [0.05, 0.1) is 16.7 Å². The van der Waals surface area contributed by atoms with Crippen LogP contribution in [-0.4, -0.2) is 39.8 Å². The van der Waals surface area contributed by atoms with E-state index in [1.165, 1.54) is 4.68 Å². The van der Waals surface area contributed by atoms with Crippen LogP contribution in [0, 0.1) is 0 Å². The third-order valence-electron chi connectivity index (χ3n) is 5.96. The molecule has 4 rings (SSSR count). The van der Waals surface area contributed by atoms with Gasteiger partial charge in [-0.25, -0.2) is 4.79 Å². The summed E-state index contributed by atoms with van der Waals surface area (Å²) in [4.78, 5) is 12.9. The number of nitrogen functional groups attached to an aromatic ring is 1. The van der Waals surface area contributed by atoms with E-state index in [0.717, 1.165) is 16.4 Å². The average Bonchev–Trinajstić information content (AvgIpc) is 3.14. The lowest BCUT2D eigenvalue weighted by atomic mass is 9.78. The smallest absolute Gasteiger partial charge is 0.442 e. The first-order chi connectivity index (χ1) is 14.8. The molecule has 0 unspecified atom stereocenters. The summed E-state index contributed by atoms with van der Waals surface area (Å²) in [7, 11) is -0.525. The fourth-order valence-corrected chi connectivity index (χ4v) is 3.61. The zero-order valence-corrected chi connectivity index (χ0v) is 19.7. The summed E-state index contributed by atoms with van der Waals surface area (Å²) in [5, 5.41) is 5.40. The standard InChI is InChI=1S/C24H30BN3O4/c1-22(2,3)30-21(29)28-19-12-11-16(25-31-23(4,5)24(6,7)32-25)14-18(19)20(27-28)15-9-8-10-17(26)13-15/h8-14H,26H2,1-7H3. The number of hydrogen-bond donors (Lipinski definition) is 1. The highest BCUT2D eigenvalue weighted by Crippen LogP contribution is 2.37. The highest BCUT2D eigenvalue weighted by molar-refractivity contribution is 6.62. The number of rotatable bonds is 2. The van der Waals surface area contributed by atoms with E-state index in [0.29, 0.717) is 16.9 Å². The largest absolute Gasteiger partial charge is 0.494 e. The molecule has 0 spiro atoms. The molecule has 1 aromatic heterocycles. The predicted molar refractivity (Wildman–Crippen MR) is 127 cm³/mol. The van der Waals surface area contributed by atoms with Crippen LogP contribution in [0.5, 0.6) is 0 Å². The Morgan fingerprint density at radius 1 is 1.06 bits per heavy atom. The number of benzene rings is 2. The number of hydrogen-bond acceptors (Lipinski definition) is 6. The fraction of sp³-hybridized carbons (Fsp3) is 0.417. The molecule has 1 saturated heterocycles. The predicted octanol–water partition coefficient (Wildman–Crippen LogP) is 4.37. The van der Waals surface area contributed by atoms with Crippen LogP contribution in [0.2, 0.25) is 0 Å². The minimum atomic E-state index is -0.644. The van der Waals surface area contributed by atoms with Crippen molar-refractivity contribution in [2.24, 2.45) is 0 Å². The summed E-state index contributed by atoms with van der Waals surface area (Å²) < 4.78 is 19.3. The minimum absolute atomic E-state index is 0.454. The molecule has 2 N–H and O–H groups in total. The van der Waals surface area contributed by atoms with Crippen molar-refractivity contribution >= 4 is 35.3 Å². The van der Waals surface area contributed by atoms with Crippen molar-refractivity contribution in [3.63, 3.8) is 0 Å². The van der Waals surface area contributed by atoms with Crippen molar-refractivity contribution < 1.29 is 18.8 Å². The Morgan fingerprint density at radius 3 is 2.31 bits per heavy atom. The summed E-state index contributed by atoms with van der Waals surface area (Å²) in [5.74, 6) is 0. The zero-order valence-electron chi connectivity index (χ0n) is 19.7. The summed E-state index contributed by atoms with van der Waals surface area (Å²) in [6.45, 7) is 13.5. The van der Waals surface area contributed by atoms with Crippen LogP contribution in [-0.2, 0) is 14.0 Å². The van der Waals surface area contributed by atoms with Gasteiger partial charge >= 0.3 is 13.2 Å². The third kappa shape index (κ3) is 4.00. The van der Waals surface area contributed by atoms with Crippen molar-refractivity contribution in [1.82, 2.24) is 9.78 Å². The van der Waals surface area contributed by atoms with Crippen LogP contribution in [0.1, 0.15) is 48.5 Å². The summed E-state index contributed by atoms with van der Waals surface area (Å²) in [6, 6.07) is 13.1. The maximum atomic E-state index is 12.9. The third-order valence-corrected chi connectivity index (χ3v) is 5.96. The zero-order chi connectivity index (χ0) is 23.5. The number of nitrogens with zero attached hydrogens (tertiary/aromatic N) is 2. The maximum Gasteiger partial charge on any atom is 0.494 e. The van der Waals surface area contributed by atoms with Gasteiger partial charge in [-0.05, 0) is 72.1 Å². The Balaban J connectivity index is 1.85. The normalized spacial score (nSPS) is 17.7. The van der Waals surface area contributed by atoms with E-state index in [2.05, 4.69) is 5.10 Å². The Labute approximate surface area is 189 Å². The molecule has 0 aliphatic carbocycles. The molecule has 0 radical (unpaired) electrons. The number of carbonyl (C=O) groups excluding carboxylic acids is 1. The van der Waals surface area contributed by atoms with Crippen LogP contribution in [0.25, 0.3) is 22.2 Å². The molecule has 168 valence electrons. The first-order valence-corrected chi connectivity index (χ1v) is 10.7. The molecule has 0 amide bonds. The molecule has 0 saturated carbocycles. The highest BCUT2D eigenvalue weighted by Gasteiger charge is 2.51. The number of carbonyl (C=O) groups is 1. The summed E-state index contributed by atoms with van der Waals surface area (Å²) in [5.41, 5.74) is 8.01. The fourth-order valence-electron chi connectivity index (χ4n) is 3.61. The van der Waals surface area contributed by atoms with Crippen molar-refractivity contribution in [2.45, 2.75) is 65.3 Å². The van der Waals surface area contributed by atoms with Gasteiger partial charge in [0.2, 0.25) is 0 Å². The van der Waals surface area contributed by atoms with E-state index in [1.54, 1.807) is 0 Å². The Bertz CT molecular complexity index is 1180. The first kappa shape index (κ1) is 22.4. The van der Waals surface area contributed by atoms with Gasteiger partial charge in [0.25, 0.3) is 0 Å². The SMILES string of the molecule is CC(C)(C)OC(=O)n1nc(-c2cccc(N)c2)c2cc(B3OC(C)(C)C(C)(C)O3)ccc21. The molecular weight excluding hydrogens is 405 g/mol. The average molecular weight is 435 g/mol. The molecule has 8 heteroatoms. The molecule has 1 aliphatic rings. The lowest BCUT2D eigenvalue weighted by molar-refractivity contribution is 0.00578. The number of fused-ring (bicyclic) bond motifs is 1.